The first-order chi connectivity index (χ1) is 13.0. The molecule has 0 aliphatic heterocycles. The highest BCUT2D eigenvalue weighted by Gasteiger charge is 2.24. The van der Waals surface area contributed by atoms with Crippen LogP contribution in [0.5, 0.6) is 5.75 Å². The van der Waals surface area contributed by atoms with Gasteiger partial charge in [0.2, 0.25) is 0 Å². The van der Waals surface area contributed by atoms with E-state index in [2.05, 4.69) is 0 Å². The molecule has 0 saturated heterocycles. The topological polar surface area (TPSA) is 101 Å². The van der Waals surface area contributed by atoms with Crippen molar-refractivity contribution >= 4 is 28.5 Å². The highest BCUT2D eigenvalue weighted by molar-refractivity contribution is 6.09. The largest absolute Gasteiger partial charge is 0.477 e. The number of fused-ring (bicyclic) bond motifs is 1. The van der Waals surface area contributed by atoms with Crippen molar-refractivity contribution in [2.75, 3.05) is 13.7 Å². The van der Waals surface area contributed by atoms with Gasteiger partial charge in [0.05, 0.1) is 23.1 Å². The van der Waals surface area contributed by atoms with Crippen LogP contribution in [0.25, 0.3) is 10.9 Å². The number of nitro groups is 1. The van der Waals surface area contributed by atoms with Crippen molar-refractivity contribution in [3.8, 4) is 5.75 Å². The van der Waals surface area contributed by atoms with Crippen molar-refractivity contribution in [3.05, 3.63) is 69.9 Å². The number of benzene rings is 2. The van der Waals surface area contributed by atoms with E-state index in [-0.39, 0.29) is 11.4 Å². The molecule has 0 spiro atoms. The van der Waals surface area contributed by atoms with Crippen LogP contribution in [0.3, 0.4) is 0 Å². The summed E-state index contributed by atoms with van der Waals surface area (Å²) >= 11 is 0. The van der Waals surface area contributed by atoms with Crippen molar-refractivity contribution < 1.29 is 24.0 Å². The quantitative estimate of drug-likeness (QED) is 0.389. The van der Waals surface area contributed by atoms with E-state index >= 15 is 0 Å². The molecular formula is C19H16N2O6. The molecule has 0 aliphatic carbocycles. The van der Waals surface area contributed by atoms with Crippen molar-refractivity contribution in [1.29, 1.82) is 0 Å². The van der Waals surface area contributed by atoms with Crippen molar-refractivity contribution in [2.45, 2.75) is 6.92 Å². The van der Waals surface area contributed by atoms with E-state index in [1.54, 1.807) is 37.3 Å². The van der Waals surface area contributed by atoms with E-state index in [0.717, 1.165) is 0 Å². The monoisotopic (exact) mass is 368 g/mol. The summed E-state index contributed by atoms with van der Waals surface area (Å²) in [6.07, 6.45) is 0. The van der Waals surface area contributed by atoms with Gasteiger partial charge >= 0.3 is 11.7 Å². The number of hydrogen-bond acceptors (Lipinski definition) is 6. The first-order valence-corrected chi connectivity index (χ1v) is 8.03. The summed E-state index contributed by atoms with van der Waals surface area (Å²) in [5, 5.41) is 11.6. The van der Waals surface area contributed by atoms with E-state index in [9.17, 15) is 19.7 Å². The van der Waals surface area contributed by atoms with Crippen LogP contribution in [0, 0.1) is 17.0 Å². The normalized spacial score (nSPS) is 10.6. The standard InChI is InChI=1S/C19H16N2O6/c1-12-18(19(23)26-2)13-7-3-4-8-14(13)20(12)17(22)11-27-16-10-6-5-9-15(16)21(24)25/h3-10H,11H2,1-2H3. The summed E-state index contributed by atoms with van der Waals surface area (Å²) in [5.74, 6) is -1.01. The second-order valence-electron chi connectivity index (χ2n) is 5.71. The Kier molecular flexibility index (Phi) is 4.89. The third-order valence-corrected chi connectivity index (χ3v) is 4.16. The summed E-state index contributed by atoms with van der Waals surface area (Å²) in [6, 6.07) is 12.7. The van der Waals surface area contributed by atoms with E-state index in [0.29, 0.717) is 22.2 Å². The second-order valence-corrected chi connectivity index (χ2v) is 5.71. The maximum absolute atomic E-state index is 12.8. The molecule has 0 N–H and O–H groups in total. The molecule has 0 radical (unpaired) electrons. The lowest BCUT2D eigenvalue weighted by Crippen LogP contribution is -2.21. The van der Waals surface area contributed by atoms with Gasteiger partial charge in [0, 0.05) is 17.1 Å². The molecule has 8 nitrogen and oxygen atoms in total. The molecule has 0 amide bonds. The van der Waals surface area contributed by atoms with Gasteiger partial charge in [-0.25, -0.2) is 4.79 Å². The van der Waals surface area contributed by atoms with Crippen LogP contribution < -0.4 is 4.74 Å². The van der Waals surface area contributed by atoms with E-state index < -0.39 is 23.4 Å². The Morgan fingerprint density at radius 3 is 2.48 bits per heavy atom. The molecule has 0 atom stereocenters. The predicted molar refractivity (Wildman–Crippen MR) is 97.2 cm³/mol. The van der Waals surface area contributed by atoms with E-state index in [4.69, 9.17) is 9.47 Å². The van der Waals surface area contributed by atoms with Gasteiger partial charge in [-0.2, -0.15) is 0 Å². The summed E-state index contributed by atoms with van der Waals surface area (Å²) < 4.78 is 11.6. The minimum absolute atomic E-state index is 0.00171. The van der Waals surface area contributed by atoms with E-state index in [1.807, 2.05) is 0 Å². The predicted octanol–water partition coefficient (Wildman–Crippen LogP) is 3.36. The Hall–Kier alpha value is -3.68. The molecule has 0 fully saturated rings. The minimum atomic E-state index is -0.578. The van der Waals surface area contributed by atoms with Crippen LogP contribution in [0.1, 0.15) is 20.8 Å². The molecule has 1 heterocycles. The molecule has 138 valence electrons. The number of aromatic nitrogens is 1. The van der Waals surface area contributed by atoms with Gasteiger partial charge in [-0.05, 0) is 19.1 Å². The number of rotatable bonds is 5. The number of carbonyl (C=O) groups excluding carboxylic acids is 2. The van der Waals surface area contributed by atoms with Crippen LogP contribution in [0.4, 0.5) is 5.69 Å². The fourth-order valence-electron chi connectivity index (χ4n) is 2.98. The summed E-state index contributed by atoms with van der Waals surface area (Å²) in [7, 11) is 1.27. The first kappa shape index (κ1) is 18.1. The fourth-order valence-corrected chi connectivity index (χ4v) is 2.98. The molecule has 3 rings (SSSR count). The molecule has 2 aromatic carbocycles. The van der Waals surface area contributed by atoms with Gasteiger partial charge < -0.3 is 9.47 Å². The molecule has 0 saturated carbocycles. The van der Waals surface area contributed by atoms with E-state index in [1.165, 1.54) is 29.9 Å². The molecular weight excluding hydrogens is 352 g/mol. The number of nitrogens with zero attached hydrogens (tertiary/aromatic N) is 2. The number of carbonyl (C=O) groups is 2. The lowest BCUT2D eigenvalue weighted by atomic mass is 10.1. The Morgan fingerprint density at radius 2 is 1.78 bits per heavy atom. The molecule has 0 unspecified atom stereocenters. The number of nitro benzene ring substituents is 1. The minimum Gasteiger partial charge on any atom is -0.477 e. The summed E-state index contributed by atoms with van der Waals surface area (Å²) in [6.45, 7) is 1.21. The zero-order chi connectivity index (χ0) is 19.6. The summed E-state index contributed by atoms with van der Waals surface area (Å²) in [4.78, 5) is 35.4. The smallest absolute Gasteiger partial charge is 0.340 e. The SMILES string of the molecule is COC(=O)c1c(C)n(C(=O)COc2ccccc2[N+](=O)[O-])c2ccccc12. The number of methoxy groups -OCH3 is 1. The lowest BCUT2D eigenvalue weighted by molar-refractivity contribution is -0.385. The Morgan fingerprint density at radius 1 is 1.11 bits per heavy atom. The Labute approximate surface area is 154 Å². The van der Waals surface area contributed by atoms with Crippen LogP contribution in [-0.2, 0) is 4.74 Å². The van der Waals surface area contributed by atoms with Gasteiger partial charge in [-0.1, -0.05) is 30.3 Å². The maximum Gasteiger partial charge on any atom is 0.340 e. The summed E-state index contributed by atoms with van der Waals surface area (Å²) in [5.41, 5.74) is 1.02. The highest BCUT2D eigenvalue weighted by Crippen LogP contribution is 2.28. The fraction of sp³-hybridized carbons (Fsp3) is 0.158. The number of para-hydroxylation sites is 3. The molecule has 1 aromatic heterocycles. The highest BCUT2D eigenvalue weighted by atomic mass is 16.6. The van der Waals surface area contributed by atoms with Crippen LogP contribution >= 0.6 is 0 Å². The average molecular weight is 368 g/mol. The number of hydrogen-bond donors (Lipinski definition) is 0. The van der Waals surface area contributed by atoms with Gasteiger partial charge in [0.15, 0.2) is 12.4 Å². The van der Waals surface area contributed by atoms with Crippen molar-refractivity contribution in [3.63, 3.8) is 0 Å². The van der Waals surface area contributed by atoms with Gasteiger partial charge in [-0.3, -0.25) is 19.5 Å². The van der Waals surface area contributed by atoms with Crippen molar-refractivity contribution in [1.82, 2.24) is 4.57 Å². The molecule has 27 heavy (non-hydrogen) atoms. The molecule has 0 aliphatic rings. The van der Waals surface area contributed by atoms with Crippen LogP contribution in [0.2, 0.25) is 0 Å². The maximum atomic E-state index is 12.8. The van der Waals surface area contributed by atoms with Crippen molar-refractivity contribution in [2.24, 2.45) is 0 Å². The first-order valence-electron chi connectivity index (χ1n) is 8.03. The Balaban J connectivity index is 1.97. The number of esters is 1. The lowest BCUT2D eigenvalue weighted by Gasteiger charge is -2.09. The van der Waals surface area contributed by atoms with Crippen LogP contribution in [-0.4, -0.2) is 35.1 Å². The third-order valence-electron chi connectivity index (χ3n) is 4.16. The second kappa shape index (κ2) is 7.28. The zero-order valence-electron chi connectivity index (χ0n) is 14.7. The van der Waals surface area contributed by atoms with Crippen LogP contribution in [0.15, 0.2) is 48.5 Å². The average Bonchev–Trinajstić information content (AvgIpc) is 2.97. The molecule has 3 aromatic rings. The Bertz CT molecular complexity index is 1050. The van der Waals surface area contributed by atoms with Gasteiger partial charge in [0.1, 0.15) is 0 Å². The van der Waals surface area contributed by atoms with Gasteiger partial charge in [0.25, 0.3) is 5.91 Å². The third kappa shape index (κ3) is 3.24. The zero-order valence-corrected chi connectivity index (χ0v) is 14.7. The molecule has 8 heteroatoms. The number of ether oxygens (including phenoxy) is 2. The molecule has 0 bridgehead atoms. The van der Waals surface area contributed by atoms with Gasteiger partial charge in [-0.15, -0.1) is 0 Å².